The second-order valence-corrected chi connectivity index (χ2v) is 7.59. The van der Waals surface area contributed by atoms with E-state index in [-0.39, 0.29) is 23.8 Å². The van der Waals surface area contributed by atoms with Gasteiger partial charge >= 0.3 is 5.97 Å². The maximum Gasteiger partial charge on any atom is 0.339 e. The van der Waals surface area contributed by atoms with E-state index in [0.29, 0.717) is 31.0 Å². The van der Waals surface area contributed by atoms with Gasteiger partial charge in [-0.2, -0.15) is 0 Å². The lowest BCUT2D eigenvalue weighted by molar-refractivity contribution is 0.0692. The smallest absolute Gasteiger partial charge is 0.339 e. The Kier molecular flexibility index (Phi) is 10.3. The standard InChI is InChI=1S/C26H28FNO4.ClH/c1-2-14-32-25-16-20(10-11-23(25)26(30)31)19-8-6-18(7-9-19)12-13-28-17-24(29)21-4-3-5-22(27)15-21;/h3-11,15-16,24,28-29H,2,12-14,17H2,1H3,(H,30,31);1H/t24-;/m0./s1. The Bertz CT molecular complexity index is 1040. The minimum atomic E-state index is -1.01. The summed E-state index contributed by atoms with van der Waals surface area (Å²) in [6.45, 7) is 3.45. The first-order chi connectivity index (χ1) is 15.5. The molecule has 0 heterocycles. The molecule has 176 valence electrons. The van der Waals surface area contributed by atoms with Crippen LogP contribution in [0.25, 0.3) is 11.1 Å². The number of hydrogen-bond donors (Lipinski definition) is 3. The van der Waals surface area contributed by atoms with Crippen molar-refractivity contribution in [2.75, 3.05) is 19.7 Å². The Morgan fingerprint density at radius 1 is 1.06 bits per heavy atom. The fraction of sp³-hybridized carbons (Fsp3) is 0.269. The van der Waals surface area contributed by atoms with E-state index < -0.39 is 12.1 Å². The summed E-state index contributed by atoms with van der Waals surface area (Å²) in [5, 5.41) is 22.7. The van der Waals surface area contributed by atoms with Gasteiger partial charge in [0.2, 0.25) is 0 Å². The molecule has 5 nitrogen and oxygen atoms in total. The quantitative estimate of drug-likeness (QED) is 0.331. The van der Waals surface area contributed by atoms with Crippen molar-refractivity contribution in [3.63, 3.8) is 0 Å². The third kappa shape index (κ3) is 7.56. The van der Waals surface area contributed by atoms with E-state index in [1.165, 1.54) is 12.1 Å². The van der Waals surface area contributed by atoms with Crippen LogP contribution in [-0.4, -0.2) is 35.9 Å². The molecule has 1 atom stereocenters. The second-order valence-electron chi connectivity index (χ2n) is 7.59. The Hall–Kier alpha value is -2.93. The molecule has 3 N–H and O–H groups in total. The van der Waals surface area contributed by atoms with Gasteiger partial charge in [-0.25, -0.2) is 9.18 Å². The van der Waals surface area contributed by atoms with Gasteiger partial charge in [0.15, 0.2) is 0 Å². The lowest BCUT2D eigenvalue weighted by Gasteiger charge is -2.13. The molecule has 0 aromatic heterocycles. The summed E-state index contributed by atoms with van der Waals surface area (Å²) in [5.41, 5.74) is 3.71. The van der Waals surface area contributed by atoms with Crippen molar-refractivity contribution in [1.29, 1.82) is 0 Å². The average molecular weight is 474 g/mol. The van der Waals surface area contributed by atoms with Crippen LogP contribution >= 0.6 is 12.4 Å². The molecule has 3 rings (SSSR count). The van der Waals surface area contributed by atoms with E-state index in [9.17, 15) is 19.4 Å². The van der Waals surface area contributed by atoms with E-state index >= 15 is 0 Å². The third-order valence-corrected chi connectivity index (χ3v) is 5.12. The normalized spacial score (nSPS) is 11.5. The van der Waals surface area contributed by atoms with Crippen molar-refractivity contribution >= 4 is 18.4 Å². The Labute approximate surface area is 199 Å². The van der Waals surface area contributed by atoms with Crippen LogP contribution in [0, 0.1) is 5.82 Å². The fourth-order valence-corrected chi connectivity index (χ4v) is 3.38. The zero-order chi connectivity index (χ0) is 22.9. The molecular formula is C26H29ClFNO4. The van der Waals surface area contributed by atoms with Crippen LogP contribution in [0.5, 0.6) is 5.75 Å². The topological polar surface area (TPSA) is 78.8 Å². The summed E-state index contributed by atoms with van der Waals surface area (Å²) in [4.78, 5) is 11.4. The fourth-order valence-electron chi connectivity index (χ4n) is 3.38. The van der Waals surface area contributed by atoms with Crippen LogP contribution in [0.15, 0.2) is 66.7 Å². The summed E-state index contributed by atoms with van der Waals surface area (Å²) in [6.07, 6.45) is 0.815. The largest absolute Gasteiger partial charge is 0.493 e. The number of aromatic carboxylic acids is 1. The molecule has 33 heavy (non-hydrogen) atoms. The zero-order valence-corrected chi connectivity index (χ0v) is 19.3. The van der Waals surface area contributed by atoms with E-state index in [4.69, 9.17) is 4.74 Å². The van der Waals surface area contributed by atoms with E-state index in [1.807, 2.05) is 31.2 Å². The lowest BCUT2D eigenvalue weighted by Crippen LogP contribution is -2.23. The minimum Gasteiger partial charge on any atom is -0.493 e. The van der Waals surface area contributed by atoms with Crippen LogP contribution in [0.4, 0.5) is 4.39 Å². The van der Waals surface area contributed by atoms with E-state index in [2.05, 4.69) is 5.32 Å². The van der Waals surface area contributed by atoms with Crippen LogP contribution in [-0.2, 0) is 6.42 Å². The monoisotopic (exact) mass is 473 g/mol. The Morgan fingerprint density at radius 3 is 2.45 bits per heavy atom. The predicted octanol–water partition coefficient (Wildman–Crippen LogP) is 5.27. The number of carboxylic acid groups (broad SMARTS) is 1. The highest BCUT2D eigenvalue weighted by Gasteiger charge is 2.13. The highest BCUT2D eigenvalue weighted by molar-refractivity contribution is 5.92. The van der Waals surface area contributed by atoms with Gasteiger partial charge in [0.25, 0.3) is 0 Å². The summed E-state index contributed by atoms with van der Waals surface area (Å²) in [7, 11) is 0. The number of nitrogens with one attached hydrogen (secondary N) is 1. The van der Waals surface area contributed by atoms with Crippen molar-refractivity contribution in [2.24, 2.45) is 0 Å². The highest BCUT2D eigenvalue weighted by atomic mass is 35.5. The molecule has 0 radical (unpaired) electrons. The van der Waals surface area contributed by atoms with E-state index in [0.717, 1.165) is 29.5 Å². The van der Waals surface area contributed by atoms with Gasteiger partial charge in [-0.15, -0.1) is 12.4 Å². The highest BCUT2D eigenvalue weighted by Crippen LogP contribution is 2.28. The summed E-state index contributed by atoms with van der Waals surface area (Å²) < 4.78 is 18.9. The first-order valence-corrected chi connectivity index (χ1v) is 10.7. The number of halogens is 2. The molecule has 0 bridgehead atoms. The molecule has 0 aliphatic heterocycles. The van der Waals surface area contributed by atoms with Gasteiger partial charge in [0.05, 0.1) is 12.7 Å². The summed E-state index contributed by atoms with van der Waals surface area (Å²) in [5.74, 6) is -0.988. The zero-order valence-electron chi connectivity index (χ0n) is 18.5. The number of carboxylic acids is 1. The van der Waals surface area contributed by atoms with Gasteiger partial charge in [-0.1, -0.05) is 49.4 Å². The Balaban J connectivity index is 0.00000385. The number of aliphatic hydroxyl groups is 1. The second kappa shape index (κ2) is 12.9. The molecule has 3 aromatic carbocycles. The number of ether oxygens (including phenoxy) is 1. The SMILES string of the molecule is CCCOc1cc(-c2ccc(CCNC[C@H](O)c3cccc(F)c3)cc2)ccc1C(=O)O.Cl. The number of carbonyl (C=O) groups is 1. The Morgan fingerprint density at radius 2 is 1.79 bits per heavy atom. The molecule has 0 saturated heterocycles. The van der Waals surface area contributed by atoms with E-state index in [1.54, 1.807) is 30.3 Å². The van der Waals surface area contributed by atoms with Crippen molar-refractivity contribution in [1.82, 2.24) is 5.32 Å². The minimum absolute atomic E-state index is 0. The molecule has 0 aliphatic rings. The van der Waals surface area contributed by atoms with Crippen LogP contribution < -0.4 is 10.1 Å². The predicted molar refractivity (Wildman–Crippen MR) is 130 cm³/mol. The molecule has 0 aliphatic carbocycles. The first kappa shape index (κ1) is 26.3. The van der Waals surface area contributed by atoms with Crippen molar-refractivity contribution in [3.8, 4) is 16.9 Å². The number of aliphatic hydroxyl groups excluding tert-OH is 1. The van der Waals surface area contributed by atoms with Crippen LogP contribution in [0.3, 0.4) is 0 Å². The van der Waals surface area contributed by atoms with Crippen molar-refractivity contribution < 1.29 is 24.1 Å². The van der Waals surface area contributed by atoms with Crippen LogP contribution in [0.1, 0.15) is 40.9 Å². The molecule has 0 spiro atoms. The van der Waals surface area contributed by atoms with Gasteiger partial charge < -0.3 is 20.3 Å². The molecular weight excluding hydrogens is 445 g/mol. The molecule has 0 fully saturated rings. The maximum atomic E-state index is 13.3. The summed E-state index contributed by atoms with van der Waals surface area (Å²) >= 11 is 0. The third-order valence-electron chi connectivity index (χ3n) is 5.12. The summed E-state index contributed by atoms with van der Waals surface area (Å²) in [6, 6.07) is 19.2. The van der Waals surface area contributed by atoms with Gasteiger partial charge in [0, 0.05) is 6.54 Å². The molecule has 3 aromatic rings. The maximum absolute atomic E-state index is 13.3. The lowest BCUT2D eigenvalue weighted by atomic mass is 10.0. The average Bonchev–Trinajstić information content (AvgIpc) is 2.80. The number of hydrogen-bond acceptors (Lipinski definition) is 4. The first-order valence-electron chi connectivity index (χ1n) is 10.7. The van der Waals surface area contributed by atoms with Crippen molar-refractivity contribution in [2.45, 2.75) is 25.9 Å². The molecule has 7 heteroatoms. The van der Waals surface area contributed by atoms with Gasteiger partial charge in [-0.05, 0) is 65.9 Å². The number of benzene rings is 3. The number of rotatable bonds is 11. The van der Waals surface area contributed by atoms with Crippen molar-refractivity contribution in [3.05, 3.63) is 89.2 Å². The molecule has 0 amide bonds. The van der Waals surface area contributed by atoms with Gasteiger partial charge in [-0.3, -0.25) is 0 Å². The van der Waals surface area contributed by atoms with Crippen LogP contribution in [0.2, 0.25) is 0 Å². The molecule has 0 unspecified atom stereocenters. The van der Waals surface area contributed by atoms with Gasteiger partial charge in [0.1, 0.15) is 17.1 Å². The molecule has 0 saturated carbocycles.